The normalized spacial score (nSPS) is 22.3. The highest BCUT2D eigenvalue weighted by Crippen LogP contribution is 2.39. The van der Waals surface area contributed by atoms with Crippen LogP contribution in [-0.4, -0.2) is 55.4 Å². The lowest BCUT2D eigenvalue weighted by atomic mass is 9.83. The molecule has 1 fully saturated rings. The number of carbonyl (C=O) groups excluding carboxylic acids is 1. The largest absolute Gasteiger partial charge is 0.492 e. The first-order chi connectivity index (χ1) is 19.0. The van der Waals surface area contributed by atoms with Crippen LogP contribution in [0.25, 0.3) is 0 Å². The van der Waals surface area contributed by atoms with E-state index >= 15 is 0 Å². The molecule has 3 aromatic rings. The summed E-state index contributed by atoms with van der Waals surface area (Å²) in [6.45, 7) is 0.764. The van der Waals surface area contributed by atoms with Crippen molar-refractivity contribution < 1.29 is 35.9 Å². The van der Waals surface area contributed by atoms with E-state index in [1.807, 2.05) is 42.5 Å². The van der Waals surface area contributed by atoms with Crippen molar-refractivity contribution in [2.45, 2.75) is 48.7 Å². The Morgan fingerprint density at radius 1 is 1.18 bits per heavy atom. The van der Waals surface area contributed by atoms with E-state index in [4.69, 9.17) is 4.74 Å². The maximum absolute atomic E-state index is 12.7. The van der Waals surface area contributed by atoms with Gasteiger partial charge in [-0.25, -0.2) is 22.9 Å². The van der Waals surface area contributed by atoms with Crippen molar-refractivity contribution in [3.05, 3.63) is 77.7 Å². The lowest BCUT2D eigenvalue weighted by molar-refractivity contribution is -0.201. The van der Waals surface area contributed by atoms with Gasteiger partial charge in [-0.15, -0.1) is 0 Å². The minimum Gasteiger partial charge on any atom is -0.492 e. The number of aryl methyl sites for hydroxylation is 1. The highest BCUT2D eigenvalue weighted by Gasteiger charge is 2.48. The predicted molar refractivity (Wildman–Crippen MR) is 138 cm³/mol. The van der Waals surface area contributed by atoms with Crippen molar-refractivity contribution in [2.24, 2.45) is 13.0 Å². The smallest absolute Gasteiger partial charge is 0.490 e. The fraction of sp³-hybridized carbons (Fsp3) is 0.407. The maximum atomic E-state index is 12.7. The van der Waals surface area contributed by atoms with Gasteiger partial charge in [0.05, 0.1) is 6.33 Å². The highest BCUT2D eigenvalue weighted by atomic mass is 32.2. The van der Waals surface area contributed by atoms with Crippen LogP contribution in [0.1, 0.15) is 29.0 Å². The Bertz CT molecular complexity index is 1460. The molecule has 4 atom stereocenters. The average molecular weight is 579 g/mol. The zero-order valence-corrected chi connectivity index (χ0v) is 22.4. The van der Waals surface area contributed by atoms with Crippen molar-refractivity contribution in [1.82, 2.24) is 19.6 Å². The molecule has 1 aliphatic carbocycles. The molecule has 2 N–H and O–H groups in total. The van der Waals surface area contributed by atoms with Gasteiger partial charge >= 0.3 is 12.1 Å². The summed E-state index contributed by atoms with van der Waals surface area (Å²) in [5, 5.41) is 3.35. The van der Waals surface area contributed by atoms with E-state index in [1.54, 1.807) is 17.7 Å². The second-order valence-electron chi connectivity index (χ2n) is 10.1. The molecule has 0 amide bonds. The summed E-state index contributed by atoms with van der Waals surface area (Å²) in [5.74, 6) is -1.74. The molecule has 2 aromatic carbocycles. The van der Waals surface area contributed by atoms with Gasteiger partial charge in [0, 0.05) is 44.2 Å². The third kappa shape index (κ3) is 6.65. The Labute approximate surface area is 229 Å². The molecule has 1 saturated carbocycles. The summed E-state index contributed by atoms with van der Waals surface area (Å²) >= 11 is 0. The molecule has 2 aliphatic rings. The Kier molecular flexibility index (Phi) is 7.89. The summed E-state index contributed by atoms with van der Waals surface area (Å²) in [7, 11) is -2.11. The summed E-state index contributed by atoms with van der Waals surface area (Å²) in [6, 6.07) is 15.2. The standard InChI is InChI=1S/C27H29F3N4O5S/c1-34-14-25(32-16-34)40(36,37)33-12-18-7-8-23-21(10-18)20(9-17-5-3-2-4-6-17)22(15-38-23)31-13-19-11-24(19)39-26(35)27(28,29)30/h2-8,10,14,16,19-20,22,24,31,33H,9,11-13,15H2,1H3. The first-order valence-corrected chi connectivity index (χ1v) is 14.3. The van der Waals surface area contributed by atoms with E-state index in [9.17, 15) is 26.4 Å². The van der Waals surface area contributed by atoms with Crippen LogP contribution < -0.4 is 14.8 Å². The van der Waals surface area contributed by atoms with Gasteiger partial charge in [0.1, 0.15) is 18.5 Å². The van der Waals surface area contributed by atoms with E-state index in [0.29, 0.717) is 31.7 Å². The molecule has 4 unspecified atom stereocenters. The van der Waals surface area contributed by atoms with Gasteiger partial charge in [-0.05, 0) is 35.6 Å². The number of imidazole rings is 1. The fourth-order valence-electron chi connectivity index (χ4n) is 4.83. The molecule has 40 heavy (non-hydrogen) atoms. The lowest BCUT2D eigenvalue weighted by Crippen LogP contribution is -2.44. The Balaban J connectivity index is 1.29. The first kappa shape index (κ1) is 28.1. The molecule has 5 rings (SSSR count). The number of hydrogen-bond acceptors (Lipinski definition) is 7. The van der Waals surface area contributed by atoms with Gasteiger partial charge in [0.25, 0.3) is 10.0 Å². The van der Waals surface area contributed by atoms with E-state index in [2.05, 4.69) is 19.8 Å². The number of alkyl halides is 3. The Hall–Kier alpha value is -3.42. The van der Waals surface area contributed by atoms with Gasteiger partial charge in [-0.3, -0.25) is 0 Å². The van der Waals surface area contributed by atoms with Crippen LogP contribution in [0.5, 0.6) is 5.75 Å². The van der Waals surface area contributed by atoms with E-state index in [0.717, 1.165) is 16.7 Å². The van der Waals surface area contributed by atoms with E-state index in [-0.39, 0.29) is 29.4 Å². The number of hydrogen-bond donors (Lipinski definition) is 2. The van der Waals surface area contributed by atoms with Gasteiger partial charge in [0.2, 0.25) is 0 Å². The molecule has 0 spiro atoms. The van der Waals surface area contributed by atoms with Crippen LogP contribution in [-0.2, 0) is 39.6 Å². The lowest BCUT2D eigenvalue weighted by Gasteiger charge is -2.35. The first-order valence-electron chi connectivity index (χ1n) is 12.8. The SMILES string of the molecule is Cn1cnc(S(=O)(=O)NCc2ccc3c(c2)C(Cc2ccccc2)C(NCC2CC2OC(=O)C(F)(F)F)CO3)c1. The van der Waals surface area contributed by atoms with Crippen LogP contribution in [0, 0.1) is 5.92 Å². The molecule has 214 valence electrons. The Morgan fingerprint density at radius 3 is 2.65 bits per heavy atom. The van der Waals surface area contributed by atoms with Gasteiger partial charge in [-0.1, -0.05) is 42.5 Å². The number of nitrogens with zero attached hydrogens (tertiary/aromatic N) is 2. The quantitative estimate of drug-likeness (QED) is 0.356. The molecule has 1 aliphatic heterocycles. The summed E-state index contributed by atoms with van der Waals surface area (Å²) in [5.41, 5.74) is 2.73. The number of nitrogens with one attached hydrogen (secondary N) is 2. The zero-order valence-electron chi connectivity index (χ0n) is 21.6. The summed E-state index contributed by atoms with van der Waals surface area (Å²) < 4.78 is 77.6. The maximum Gasteiger partial charge on any atom is 0.490 e. The topological polar surface area (TPSA) is 112 Å². The number of ether oxygens (including phenoxy) is 2. The van der Waals surface area contributed by atoms with Crippen molar-refractivity contribution >= 4 is 16.0 Å². The third-order valence-corrected chi connectivity index (χ3v) is 8.37. The molecule has 1 aromatic heterocycles. The van der Waals surface area contributed by atoms with Gasteiger partial charge < -0.3 is 19.4 Å². The van der Waals surface area contributed by atoms with Crippen molar-refractivity contribution in [2.75, 3.05) is 13.2 Å². The summed E-state index contributed by atoms with van der Waals surface area (Å²) in [4.78, 5) is 15.1. The number of aromatic nitrogens is 2. The van der Waals surface area contributed by atoms with Crippen LogP contribution in [0.4, 0.5) is 13.2 Å². The van der Waals surface area contributed by atoms with Crippen molar-refractivity contribution in [1.29, 1.82) is 0 Å². The van der Waals surface area contributed by atoms with Crippen LogP contribution in [0.3, 0.4) is 0 Å². The number of rotatable bonds is 10. The van der Waals surface area contributed by atoms with Gasteiger partial charge in [-0.2, -0.15) is 13.2 Å². The fourth-order valence-corrected chi connectivity index (χ4v) is 5.82. The zero-order chi connectivity index (χ0) is 28.5. The number of carbonyl (C=O) groups is 1. The molecular formula is C27H29F3N4O5S. The number of halogens is 3. The molecule has 13 heteroatoms. The molecule has 2 heterocycles. The van der Waals surface area contributed by atoms with Crippen LogP contribution in [0.2, 0.25) is 0 Å². The van der Waals surface area contributed by atoms with E-state index < -0.39 is 28.3 Å². The molecular weight excluding hydrogens is 549 g/mol. The second kappa shape index (κ2) is 11.2. The number of benzene rings is 2. The number of esters is 1. The summed E-state index contributed by atoms with van der Waals surface area (Å²) in [6.07, 6.45) is -1.91. The molecule has 0 bridgehead atoms. The predicted octanol–water partition coefficient (Wildman–Crippen LogP) is 3.07. The Morgan fingerprint density at radius 2 is 1.95 bits per heavy atom. The molecule has 0 radical (unpaired) electrons. The van der Waals surface area contributed by atoms with Crippen LogP contribution in [0.15, 0.2) is 66.1 Å². The minimum atomic E-state index is -5.01. The minimum absolute atomic E-state index is 0.0522. The van der Waals surface area contributed by atoms with Crippen molar-refractivity contribution in [3.8, 4) is 5.75 Å². The van der Waals surface area contributed by atoms with Crippen molar-refractivity contribution in [3.63, 3.8) is 0 Å². The third-order valence-electron chi connectivity index (χ3n) is 7.09. The second-order valence-corrected chi connectivity index (χ2v) is 11.8. The number of sulfonamides is 1. The van der Waals surface area contributed by atoms with E-state index in [1.165, 1.54) is 12.5 Å². The monoisotopic (exact) mass is 578 g/mol. The average Bonchev–Trinajstić information content (AvgIpc) is 3.50. The van der Waals surface area contributed by atoms with Gasteiger partial charge in [0.15, 0.2) is 5.03 Å². The molecule has 9 nitrogen and oxygen atoms in total. The highest BCUT2D eigenvalue weighted by molar-refractivity contribution is 7.89. The number of fused-ring (bicyclic) bond motifs is 1. The molecule has 0 saturated heterocycles. The van der Waals surface area contributed by atoms with Crippen LogP contribution >= 0.6 is 0 Å².